The predicted octanol–water partition coefficient (Wildman–Crippen LogP) is 2.39. The molecule has 0 bridgehead atoms. The van der Waals surface area contributed by atoms with Crippen LogP contribution in [0.25, 0.3) is 0 Å². The summed E-state index contributed by atoms with van der Waals surface area (Å²) in [5, 5.41) is -0.779. The van der Waals surface area contributed by atoms with Gasteiger partial charge in [-0.2, -0.15) is 0 Å². The molecule has 0 radical (unpaired) electrons. The maximum absolute atomic E-state index is 13.0. The molecule has 15 heavy (non-hydrogen) atoms. The Hall–Kier alpha value is -0.820. The molecule has 0 saturated heterocycles. The van der Waals surface area contributed by atoms with Crippen LogP contribution in [0.3, 0.4) is 0 Å². The topological polar surface area (TPSA) is 47.0 Å². The zero-order chi connectivity index (χ0) is 11.8. The van der Waals surface area contributed by atoms with Gasteiger partial charge in [-0.3, -0.25) is 0 Å². The number of rotatable bonds is 2. The molecule has 1 rings (SSSR count). The highest BCUT2D eigenvalue weighted by atomic mass is 35.7. The third kappa shape index (κ3) is 2.60. The van der Waals surface area contributed by atoms with Gasteiger partial charge in [0.05, 0.1) is 11.3 Å². The molecule has 0 spiro atoms. The van der Waals surface area contributed by atoms with Crippen molar-refractivity contribution in [3.63, 3.8) is 0 Å². The fraction of sp³-hybridized carbons (Fsp3) is 0.286. The van der Waals surface area contributed by atoms with Crippen LogP contribution < -0.4 is 0 Å². The highest BCUT2D eigenvalue weighted by molar-refractivity contribution is 8.13. The van der Waals surface area contributed by atoms with Crippen molar-refractivity contribution in [2.75, 3.05) is 0 Å². The number of halogens is 4. The second kappa shape index (κ2) is 3.97. The minimum absolute atomic E-state index is 0.426. The predicted molar refractivity (Wildman–Crippen MR) is 46.9 cm³/mol. The standard InChI is InChI=1S/C7H5ClF3NO2S/c1-3-6(9)4(7(10)11)2-5(12-3)15(8,13)14/h2,7H,1H3. The first kappa shape index (κ1) is 12.3. The number of hydrogen-bond donors (Lipinski definition) is 0. The Bertz CT molecular complexity index is 489. The lowest BCUT2D eigenvalue weighted by molar-refractivity contribution is 0.145. The molecule has 84 valence electrons. The maximum Gasteiger partial charge on any atom is 0.278 e. The zero-order valence-corrected chi connectivity index (χ0v) is 8.91. The second-order valence-corrected chi connectivity index (χ2v) is 5.20. The van der Waals surface area contributed by atoms with Gasteiger partial charge in [0.15, 0.2) is 10.8 Å². The van der Waals surface area contributed by atoms with E-state index in [9.17, 15) is 21.6 Å². The molecular weight excluding hydrogens is 255 g/mol. The summed E-state index contributed by atoms with van der Waals surface area (Å²) in [4.78, 5) is 3.26. The van der Waals surface area contributed by atoms with Crippen LogP contribution in [-0.2, 0) is 9.05 Å². The average Bonchev–Trinajstić information content (AvgIpc) is 2.06. The largest absolute Gasteiger partial charge is 0.278 e. The number of aromatic nitrogens is 1. The summed E-state index contributed by atoms with van der Waals surface area (Å²) in [6.45, 7) is 1.08. The first-order valence-electron chi connectivity index (χ1n) is 3.63. The number of alkyl halides is 2. The van der Waals surface area contributed by atoms with Gasteiger partial charge < -0.3 is 0 Å². The fourth-order valence-corrected chi connectivity index (χ4v) is 1.69. The summed E-state index contributed by atoms with van der Waals surface area (Å²) < 4.78 is 59.2. The molecule has 0 aliphatic heterocycles. The van der Waals surface area contributed by atoms with Crippen molar-refractivity contribution in [1.29, 1.82) is 0 Å². The van der Waals surface area contributed by atoms with Gasteiger partial charge in [0, 0.05) is 10.7 Å². The lowest BCUT2D eigenvalue weighted by atomic mass is 10.2. The van der Waals surface area contributed by atoms with E-state index in [0.717, 1.165) is 6.92 Å². The highest BCUT2D eigenvalue weighted by Crippen LogP contribution is 2.26. The first-order valence-corrected chi connectivity index (χ1v) is 5.94. The van der Waals surface area contributed by atoms with E-state index in [0.29, 0.717) is 6.07 Å². The minimum atomic E-state index is -4.24. The Morgan fingerprint density at radius 3 is 2.40 bits per heavy atom. The average molecular weight is 260 g/mol. The van der Waals surface area contributed by atoms with Crippen LogP contribution in [0.2, 0.25) is 0 Å². The van der Waals surface area contributed by atoms with E-state index < -0.39 is 37.6 Å². The van der Waals surface area contributed by atoms with Crippen LogP contribution in [0.4, 0.5) is 13.2 Å². The number of aryl methyl sites for hydroxylation is 1. The van der Waals surface area contributed by atoms with E-state index in [1.54, 1.807) is 0 Å². The number of hydrogen-bond acceptors (Lipinski definition) is 3. The van der Waals surface area contributed by atoms with Crippen molar-refractivity contribution in [2.24, 2.45) is 0 Å². The van der Waals surface area contributed by atoms with Crippen molar-refractivity contribution < 1.29 is 21.6 Å². The summed E-state index contributed by atoms with van der Waals surface area (Å²) in [7, 11) is 0.665. The van der Waals surface area contributed by atoms with E-state index in [4.69, 9.17) is 10.7 Å². The van der Waals surface area contributed by atoms with E-state index in [-0.39, 0.29) is 0 Å². The van der Waals surface area contributed by atoms with Crippen molar-refractivity contribution in [1.82, 2.24) is 4.98 Å². The molecule has 0 unspecified atom stereocenters. The van der Waals surface area contributed by atoms with Gasteiger partial charge in [0.25, 0.3) is 15.5 Å². The van der Waals surface area contributed by atoms with E-state index >= 15 is 0 Å². The second-order valence-electron chi connectivity index (χ2n) is 2.69. The van der Waals surface area contributed by atoms with Crippen LogP contribution in [-0.4, -0.2) is 13.4 Å². The molecule has 0 aliphatic rings. The normalized spacial score (nSPS) is 12.1. The molecule has 0 N–H and O–H groups in total. The molecule has 8 heteroatoms. The molecule has 1 aromatic heterocycles. The quantitative estimate of drug-likeness (QED) is 0.766. The van der Waals surface area contributed by atoms with Gasteiger partial charge in [-0.05, 0) is 13.0 Å². The molecule has 0 aromatic carbocycles. The fourth-order valence-electron chi connectivity index (χ4n) is 0.936. The van der Waals surface area contributed by atoms with Crippen molar-refractivity contribution in [2.45, 2.75) is 18.4 Å². The van der Waals surface area contributed by atoms with E-state index in [1.165, 1.54) is 0 Å². The Morgan fingerprint density at radius 1 is 1.47 bits per heavy atom. The van der Waals surface area contributed by atoms with Crippen LogP contribution in [0.15, 0.2) is 11.1 Å². The van der Waals surface area contributed by atoms with Crippen LogP contribution in [0.1, 0.15) is 17.7 Å². The van der Waals surface area contributed by atoms with E-state index in [2.05, 4.69) is 4.98 Å². The zero-order valence-electron chi connectivity index (χ0n) is 7.34. The Kier molecular flexibility index (Phi) is 3.25. The highest BCUT2D eigenvalue weighted by Gasteiger charge is 2.22. The molecule has 0 fully saturated rings. The first-order chi connectivity index (χ1) is 6.73. The Labute approximate surface area is 88.3 Å². The van der Waals surface area contributed by atoms with Gasteiger partial charge >= 0.3 is 0 Å². The van der Waals surface area contributed by atoms with Gasteiger partial charge in [-0.1, -0.05) is 0 Å². The third-order valence-electron chi connectivity index (χ3n) is 1.61. The smallest absolute Gasteiger partial charge is 0.237 e. The molecule has 0 aliphatic carbocycles. The lowest BCUT2D eigenvalue weighted by Crippen LogP contribution is -2.03. The van der Waals surface area contributed by atoms with Crippen LogP contribution in [0, 0.1) is 12.7 Å². The Balaban J connectivity index is 3.50. The minimum Gasteiger partial charge on any atom is -0.237 e. The summed E-state index contributed by atoms with van der Waals surface area (Å²) in [5.74, 6) is -1.23. The van der Waals surface area contributed by atoms with Crippen molar-refractivity contribution in [3.8, 4) is 0 Å². The molecule has 3 nitrogen and oxygen atoms in total. The summed E-state index contributed by atoms with van der Waals surface area (Å²) in [5.41, 5.74) is -1.46. The summed E-state index contributed by atoms with van der Waals surface area (Å²) in [6.07, 6.45) is -3.12. The van der Waals surface area contributed by atoms with Gasteiger partial charge in [-0.15, -0.1) is 0 Å². The van der Waals surface area contributed by atoms with Crippen LogP contribution >= 0.6 is 10.7 Å². The van der Waals surface area contributed by atoms with Crippen molar-refractivity contribution in [3.05, 3.63) is 23.1 Å². The van der Waals surface area contributed by atoms with Crippen molar-refractivity contribution >= 4 is 19.7 Å². The summed E-state index contributed by atoms with van der Waals surface area (Å²) >= 11 is 0. The lowest BCUT2D eigenvalue weighted by Gasteiger charge is -2.05. The molecule has 0 atom stereocenters. The molecule has 0 amide bonds. The molecule has 1 aromatic rings. The number of pyridine rings is 1. The molecule has 1 heterocycles. The summed E-state index contributed by atoms with van der Waals surface area (Å²) in [6, 6.07) is 0.426. The van der Waals surface area contributed by atoms with Gasteiger partial charge in [0.1, 0.15) is 0 Å². The third-order valence-corrected chi connectivity index (χ3v) is 2.80. The maximum atomic E-state index is 13.0. The van der Waals surface area contributed by atoms with Crippen LogP contribution in [0.5, 0.6) is 0 Å². The monoisotopic (exact) mass is 259 g/mol. The van der Waals surface area contributed by atoms with Gasteiger partial charge in [0.2, 0.25) is 0 Å². The van der Waals surface area contributed by atoms with Gasteiger partial charge in [-0.25, -0.2) is 26.6 Å². The molecule has 0 saturated carbocycles. The Morgan fingerprint density at radius 2 is 2.00 bits per heavy atom. The molecular formula is C7H5ClF3NO2S. The van der Waals surface area contributed by atoms with E-state index in [1.807, 2.05) is 0 Å². The SMILES string of the molecule is Cc1nc(S(=O)(=O)Cl)cc(C(F)F)c1F. The number of nitrogens with zero attached hydrogens (tertiary/aromatic N) is 1.